The maximum Gasteiger partial charge on any atom is 0.240 e. The Hall–Kier alpha value is -0.940. The molecule has 1 aromatic rings. The fourth-order valence-electron chi connectivity index (χ4n) is 2.60. The normalized spacial score (nSPS) is 25.0. The first-order valence-corrected chi connectivity index (χ1v) is 7.51. The van der Waals surface area contributed by atoms with Crippen LogP contribution in [0.5, 0.6) is 0 Å². The number of nitrogens with zero attached hydrogens (tertiary/aromatic N) is 1. The van der Waals surface area contributed by atoms with Gasteiger partial charge in [-0.25, -0.2) is 4.98 Å². The van der Waals surface area contributed by atoms with E-state index in [2.05, 4.69) is 22.5 Å². The molecule has 0 saturated carbocycles. The molecule has 1 aromatic heterocycles. The van der Waals surface area contributed by atoms with Gasteiger partial charge in [0, 0.05) is 11.6 Å². The molecular weight excluding hydrogens is 246 g/mol. The van der Waals surface area contributed by atoms with E-state index in [4.69, 9.17) is 0 Å². The number of rotatable bonds is 5. The summed E-state index contributed by atoms with van der Waals surface area (Å²) in [7, 11) is 0. The van der Waals surface area contributed by atoms with E-state index in [1.807, 2.05) is 12.3 Å². The Kier molecular flexibility index (Phi) is 4.35. The van der Waals surface area contributed by atoms with Crippen molar-refractivity contribution in [2.24, 2.45) is 0 Å². The Balaban J connectivity index is 2.01. The van der Waals surface area contributed by atoms with Crippen molar-refractivity contribution in [3.8, 4) is 0 Å². The molecule has 1 saturated heterocycles. The fourth-order valence-corrected chi connectivity index (χ4v) is 3.24. The van der Waals surface area contributed by atoms with E-state index in [0.29, 0.717) is 0 Å². The minimum absolute atomic E-state index is 0.00590. The van der Waals surface area contributed by atoms with Crippen molar-refractivity contribution >= 4 is 17.2 Å². The van der Waals surface area contributed by atoms with Gasteiger partial charge in [-0.2, -0.15) is 0 Å². The van der Waals surface area contributed by atoms with Crippen LogP contribution in [-0.2, 0) is 4.79 Å². The van der Waals surface area contributed by atoms with Crippen LogP contribution < -0.4 is 10.6 Å². The second kappa shape index (κ2) is 5.80. The van der Waals surface area contributed by atoms with Gasteiger partial charge in [0.15, 0.2) is 0 Å². The lowest BCUT2D eigenvalue weighted by Crippen LogP contribution is -2.53. The molecule has 4 nitrogen and oxygen atoms in total. The average molecular weight is 267 g/mol. The van der Waals surface area contributed by atoms with Crippen molar-refractivity contribution in [3.63, 3.8) is 0 Å². The van der Waals surface area contributed by atoms with E-state index in [-0.39, 0.29) is 17.5 Å². The zero-order valence-electron chi connectivity index (χ0n) is 11.0. The molecule has 0 aromatic carbocycles. The van der Waals surface area contributed by atoms with E-state index < -0.39 is 0 Å². The molecule has 1 fully saturated rings. The molecule has 0 aliphatic carbocycles. The van der Waals surface area contributed by atoms with Crippen molar-refractivity contribution in [1.29, 1.82) is 0 Å². The van der Waals surface area contributed by atoms with Crippen LogP contribution in [0.25, 0.3) is 0 Å². The second-order valence-electron chi connectivity index (χ2n) is 4.93. The smallest absolute Gasteiger partial charge is 0.240 e. The molecular formula is C13H21N3OS. The maximum absolute atomic E-state index is 12.5. The van der Waals surface area contributed by atoms with Crippen LogP contribution in [0.3, 0.4) is 0 Å². The third-order valence-corrected chi connectivity index (χ3v) is 4.48. The summed E-state index contributed by atoms with van der Waals surface area (Å²) in [6, 6.07) is -0.00590. The summed E-state index contributed by atoms with van der Waals surface area (Å²) in [5, 5.41) is 9.39. The Morgan fingerprint density at radius 2 is 2.56 bits per heavy atom. The lowest BCUT2D eigenvalue weighted by atomic mass is 9.90. The van der Waals surface area contributed by atoms with Crippen LogP contribution in [0.15, 0.2) is 11.6 Å². The van der Waals surface area contributed by atoms with Crippen molar-refractivity contribution in [2.45, 2.75) is 51.1 Å². The molecule has 5 heteroatoms. The Morgan fingerprint density at radius 1 is 1.72 bits per heavy atom. The van der Waals surface area contributed by atoms with Gasteiger partial charge in [0.1, 0.15) is 5.01 Å². The van der Waals surface area contributed by atoms with Gasteiger partial charge in [-0.15, -0.1) is 11.3 Å². The van der Waals surface area contributed by atoms with Gasteiger partial charge in [-0.1, -0.05) is 13.3 Å². The first kappa shape index (κ1) is 13.5. The molecule has 0 spiro atoms. The number of amides is 1. The molecule has 2 rings (SSSR count). The number of nitrogens with one attached hydrogen (secondary N) is 2. The van der Waals surface area contributed by atoms with Crippen molar-refractivity contribution in [1.82, 2.24) is 15.6 Å². The van der Waals surface area contributed by atoms with E-state index in [1.54, 1.807) is 17.5 Å². The highest BCUT2D eigenvalue weighted by Crippen LogP contribution is 2.26. The summed E-state index contributed by atoms with van der Waals surface area (Å²) in [6.45, 7) is 5.06. The zero-order valence-corrected chi connectivity index (χ0v) is 11.8. The van der Waals surface area contributed by atoms with Gasteiger partial charge in [-0.05, 0) is 32.7 Å². The molecule has 18 heavy (non-hydrogen) atoms. The molecule has 2 atom stereocenters. The quantitative estimate of drug-likeness (QED) is 0.860. The van der Waals surface area contributed by atoms with E-state index in [1.165, 1.54) is 0 Å². The van der Waals surface area contributed by atoms with Gasteiger partial charge in [-0.3, -0.25) is 4.79 Å². The third-order valence-electron chi connectivity index (χ3n) is 3.52. The second-order valence-corrected chi connectivity index (χ2v) is 5.85. The lowest BCUT2D eigenvalue weighted by Gasteiger charge is -2.29. The van der Waals surface area contributed by atoms with Crippen molar-refractivity contribution in [2.75, 3.05) is 6.54 Å². The van der Waals surface area contributed by atoms with Crippen LogP contribution in [0.4, 0.5) is 0 Å². The Labute approximate surface area is 112 Å². The topological polar surface area (TPSA) is 54.0 Å². The molecule has 100 valence electrons. The zero-order chi connectivity index (χ0) is 13.0. The standard InChI is InChI=1S/C13H21N3OS/c1-3-5-13(6-4-7-15-13)12(17)16-10(2)11-14-8-9-18-11/h8-10,15H,3-7H2,1-2H3,(H,16,17). The Morgan fingerprint density at radius 3 is 3.11 bits per heavy atom. The molecule has 0 bridgehead atoms. The number of thiazole rings is 1. The predicted octanol–water partition coefficient (Wildman–Crippen LogP) is 2.24. The highest BCUT2D eigenvalue weighted by Gasteiger charge is 2.40. The van der Waals surface area contributed by atoms with E-state index >= 15 is 0 Å². The van der Waals surface area contributed by atoms with Crippen LogP contribution in [0.2, 0.25) is 0 Å². The molecule has 1 amide bonds. The summed E-state index contributed by atoms with van der Waals surface area (Å²) in [5.41, 5.74) is -0.347. The molecule has 2 unspecified atom stereocenters. The molecule has 0 radical (unpaired) electrons. The third kappa shape index (κ3) is 2.72. The largest absolute Gasteiger partial charge is 0.346 e. The van der Waals surface area contributed by atoms with Crippen molar-refractivity contribution < 1.29 is 4.79 Å². The van der Waals surface area contributed by atoms with Gasteiger partial charge in [0.05, 0.1) is 11.6 Å². The lowest BCUT2D eigenvalue weighted by molar-refractivity contribution is -0.128. The summed E-state index contributed by atoms with van der Waals surface area (Å²) in [4.78, 5) is 16.7. The van der Waals surface area contributed by atoms with Crippen molar-refractivity contribution in [3.05, 3.63) is 16.6 Å². The maximum atomic E-state index is 12.5. The van der Waals surface area contributed by atoms with Crippen LogP contribution >= 0.6 is 11.3 Å². The van der Waals surface area contributed by atoms with Crippen LogP contribution in [0, 0.1) is 0 Å². The molecule has 1 aliphatic heterocycles. The number of hydrogen-bond donors (Lipinski definition) is 2. The molecule has 2 N–H and O–H groups in total. The van der Waals surface area contributed by atoms with Crippen LogP contribution in [0.1, 0.15) is 50.6 Å². The molecule has 2 heterocycles. The highest BCUT2D eigenvalue weighted by molar-refractivity contribution is 7.09. The summed E-state index contributed by atoms with van der Waals surface area (Å²) in [6.07, 6.45) is 5.73. The number of aromatic nitrogens is 1. The number of carbonyl (C=O) groups excluding carboxylic acids is 1. The number of carbonyl (C=O) groups is 1. The first-order chi connectivity index (χ1) is 8.68. The van der Waals surface area contributed by atoms with Gasteiger partial charge in [0.2, 0.25) is 5.91 Å². The van der Waals surface area contributed by atoms with Gasteiger partial charge < -0.3 is 10.6 Å². The first-order valence-electron chi connectivity index (χ1n) is 6.63. The van der Waals surface area contributed by atoms with E-state index in [0.717, 1.165) is 37.2 Å². The highest BCUT2D eigenvalue weighted by atomic mass is 32.1. The minimum atomic E-state index is -0.347. The fraction of sp³-hybridized carbons (Fsp3) is 0.692. The SMILES string of the molecule is CCCC1(C(=O)NC(C)c2nccs2)CCCN1. The monoisotopic (exact) mass is 267 g/mol. The van der Waals surface area contributed by atoms with Crippen LogP contribution in [-0.4, -0.2) is 23.0 Å². The predicted molar refractivity (Wildman–Crippen MR) is 73.5 cm³/mol. The van der Waals surface area contributed by atoms with E-state index in [9.17, 15) is 4.79 Å². The van der Waals surface area contributed by atoms with Gasteiger partial charge in [0.25, 0.3) is 0 Å². The molecule has 1 aliphatic rings. The summed E-state index contributed by atoms with van der Waals surface area (Å²) in [5.74, 6) is 0.129. The number of hydrogen-bond acceptors (Lipinski definition) is 4. The minimum Gasteiger partial charge on any atom is -0.346 e. The summed E-state index contributed by atoms with van der Waals surface area (Å²) < 4.78 is 0. The summed E-state index contributed by atoms with van der Waals surface area (Å²) >= 11 is 1.58. The average Bonchev–Trinajstić information content (AvgIpc) is 3.00. The Bertz CT molecular complexity index is 385. The van der Waals surface area contributed by atoms with Gasteiger partial charge >= 0.3 is 0 Å².